The highest BCUT2D eigenvalue weighted by Crippen LogP contribution is 2.33. The fraction of sp³-hybridized carbons (Fsp3) is 0.360. The van der Waals surface area contributed by atoms with Crippen LogP contribution >= 0.6 is 11.8 Å². The molecule has 0 radical (unpaired) electrons. The van der Waals surface area contributed by atoms with Crippen LogP contribution in [0.2, 0.25) is 0 Å². The van der Waals surface area contributed by atoms with Crippen molar-refractivity contribution in [2.45, 2.75) is 57.8 Å². The van der Waals surface area contributed by atoms with Crippen LogP contribution in [-0.2, 0) is 16.8 Å². The summed E-state index contributed by atoms with van der Waals surface area (Å²) in [6.07, 6.45) is 1.48. The number of aromatic nitrogens is 2. The highest BCUT2D eigenvalue weighted by molar-refractivity contribution is 7.99. The number of nitrogens with zero attached hydrogens (tertiary/aromatic N) is 2. The van der Waals surface area contributed by atoms with Crippen LogP contribution in [0.25, 0.3) is 11.3 Å². The molecule has 2 aromatic carbocycles. The summed E-state index contributed by atoms with van der Waals surface area (Å²) in [6.45, 7) is 11.3. The fourth-order valence-electron chi connectivity index (χ4n) is 3.59. The van der Waals surface area contributed by atoms with E-state index in [0.717, 1.165) is 45.7 Å². The molecule has 0 bridgehead atoms. The van der Waals surface area contributed by atoms with Crippen molar-refractivity contribution >= 4 is 23.4 Å². The number of imidazole rings is 1. The van der Waals surface area contributed by atoms with E-state index in [1.807, 2.05) is 36.4 Å². The molecule has 0 saturated heterocycles. The van der Waals surface area contributed by atoms with Crippen LogP contribution in [0.1, 0.15) is 38.8 Å². The highest BCUT2D eigenvalue weighted by atomic mass is 32.2. The normalized spacial score (nSPS) is 14.2. The van der Waals surface area contributed by atoms with Crippen LogP contribution in [-0.4, -0.2) is 27.3 Å². The second-order valence-electron chi connectivity index (χ2n) is 9.03. The summed E-state index contributed by atoms with van der Waals surface area (Å²) >= 11 is 1.78. The molecule has 3 aromatic rings. The Morgan fingerprint density at radius 1 is 1.19 bits per heavy atom. The number of aryl methyl sites for hydroxylation is 2. The molecule has 1 N–H and O–H groups in total. The van der Waals surface area contributed by atoms with Gasteiger partial charge in [0.1, 0.15) is 5.75 Å². The van der Waals surface area contributed by atoms with Gasteiger partial charge in [-0.3, -0.25) is 4.79 Å². The number of ether oxygens (including phenoxy) is 1. The molecule has 1 unspecified atom stereocenters. The maximum Gasteiger partial charge on any atom is 0.265 e. The molecule has 2 heterocycles. The largest absolute Gasteiger partial charge is 0.481 e. The molecule has 1 atom stereocenters. The summed E-state index contributed by atoms with van der Waals surface area (Å²) in [5.41, 5.74) is 4.95. The SMILES string of the molecule is Cc1ccc(OC(C)C(=O)Nc2ccc(-c3cn4c(n3)SCC4)cc2)c(C(C)(C)C)c1. The standard InChI is InChI=1S/C25H29N3O2S/c1-16-6-11-22(20(14-16)25(3,4)5)30-17(2)23(29)26-19-9-7-18(8-10-19)21-15-28-12-13-31-24(28)27-21/h6-11,14-15,17H,12-13H2,1-5H3,(H,26,29). The number of amides is 1. The van der Waals surface area contributed by atoms with Crippen LogP contribution in [0.5, 0.6) is 5.75 Å². The number of rotatable bonds is 5. The second kappa shape index (κ2) is 8.42. The number of benzene rings is 2. The summed E-state index contributed by atoms with van der Waals surface area (Å²) < 4.78 is 8.25. The molecule has 0 aliphatic carbocycles. The molecule has 6 heteroatoms. The van der Waals surface area contributed by atoms with Gasteiger partial charge in [-0.2, -0.15) is 0 Å². The Morgan fingerprint density at radius 2 is 1.94 bits per heavy atom. The van der Waals surface area contributed by atoms with Gasteiger partial charge in [0.25, 0.3) is 5.91 Å². The first kappa shape index (κ1) is 21.5. The van der Waals surface area contributed by atoms with E-state index in [-0.39, 0.29) is 11.3 Å². The third-order valence-electron chi connectivity index (χ3n) is 5.37. The van der Waals surface area contributed by atoms with Crippen molar-refractivity contribution in [1.82, 2.24) is 9.55 Å². The zero-order chi connectivity index (χ0) is 22.2. The molecule has 0 fully saturated rings. The minimum Gasteiger partial charge on any atom is -0.481 e. The number of fused-ring (bicyclic) bond motifs is 1. The number of hydrogen-bond donors (Lipinski definition) is 1. The average Bonchev–Trinajstić information content (AvgIpc) is 3.31. The molecule has 5 nitrogen and oxygen atoms in total. The Hall–Kier alpha value is -2.73. The van der Waals surface area contributed by atoms with Gasteiger partial charge in [0.15, 0.2) is 11.3 Å². The number of thioether (sulfide) groups is 1. The minimum atomic E-state index is -0.614. The number of nitrogens with one attached hydrogen (secondary N) is 1. The van der Waals surface area contributed by atoms with E-state index >= 15 is 0 Å². The van der Waals surface area contributed by atoms with Gasteiger partial charge in [-0.1, -0.05) is 62.4 Å². The zero-order valence-electron chi connectivity index (χ0n) is 18.7. The van der Waals surface area contributed by atoms with Crippen LogP contribution in [0.15, 0.2) is 53.8 Å². The van der Waals surface area contributed by atoms with Gasteiger partial charge < -0.3 is 14.6 Å². The van der Waals surface area contributed by atoms with Crippen molar-refractivity contribution in [2.24, 2.45) is 0 Å². The third kappa shape index (κ3) is 4.79. The van der Waals surface area contributed by atoms with E-state index in [0.29, 0.717) is 0 Å². The van der Waals surface area contributed by atoms with E-state index in [2.05, 4.69) is 54.8 Å². The Bertz CT molecular complexity index is 1080. The van der Waals surface area contributed by atoms with Crippen molar-refractivity contribution in [2.75, 3.05) is 11.1 Å². The number of hydrogen-bond acceptors (Lipinski definition) is 4. The minimum absolute atomic E-state index is 0.0702. The van der Waals surface area contributed by atoms with Crippen molar-refractivity contribution in [3.05, 3.63) is 59.8 Å². The molecule has 0 saturated carbocycles. The van der Waals surface area contributed by atoms with Crippen LogP contribution in [0.3, 0.4) is 0 Å². The lowest BCUT2D eigenvalue weighted by Gasteiger charge is -2.25. The fourth-order valence-corrected chi connectivity index (χ4v) is 4.54. The summed E-state index contributed by atoms with van der Waals surface area (Å²) in [6, 6.07) is 13.9. The van der Waals surface area contributed by atoms with Gasteiger partial charge in [0.05, 0.1) is 5.69 Å². The predicted molar refractivity (Wildman–Crippen MR) is 127 cm³/mol. The maximum atomic E-state index is 12.7. The number of carbonyl (C=O) groups excluding carboxylic acids is 1. The lowest BCUT2D eigenvalue weighted by molar-refractivity contribution is -0.122. The molecule has 1 aliphatic rings. The third-order valence-corrected chi connectivity index (χ3v) is 6.34. The molecule has 162 valence electrons. The Morgan fingerprint density at radius 3 is 2.61 bits per heavy atom. The first-order valence-electron chi connectivity index (χ1n) is 10.6. The number of carbonyl (C=O) groups is 1. The second-order valence-corrected chi connectivity index (χ2v) is 10.1. The first-order valence-corrected chi connectivity index (χ1v) is 11.6. The van der Waals surface area contributed by atoms with Gasteiger partial charge in [-0.25, -0.2) is 4.98 Å². The van der Waals surface area contributed by atoms with E-state index in [1.165, 1.54) is 5.56 Å². The summed E-state index contributed by atoms with van der Waals surface area (Å²) in [4.78, 5) is 17.4. The molecule has 1 aromatic heterocycles. The topological polar surface area (TPSA) is 56.1 Å². The summed E-state index contributed by atoms with van der Waals surface area (Å²) in [5, 5.41) is 4.03. The van der Waals surface area contributed by atoms with Gasteiger partial charge in [0, 0.05) is 29.7 Å². The maximum absolute atomic E-state index is 12.7. The summed E-state index contributed by atoms with van der Waals surface area (Å²) in [7, 11) is 0. The monoisotopic (exact) mass is 435 g/mol. The van der Waals surface area contributed by atoms with Gasteiger partial charge in [0.2, 0.25) is 0 Å². The molecular formula is C25H29N3O2S. The van der Waals surface area contributed by atoms with E-state index in [4.69, 9.17) is 4.74 Å². The van der Waals surface area contributed by atoms with Gasteiger partial charge >= 0.3 is 0 Å². The smallest absolute Gasteiger partial charge is 0.265 e. The lowest BCUT2D eigenvalue weighted by Crippen LogP contribution is -2.31. The molecule has 4 rings (SSSR count). The lowest BCUT2D eigenvalue weighted by atomic mass is 9.85. The molecule has 0 spiro atoms. The Kier molecular flexibility index (Phi) is 5.84. The van der Waals surface area contributed by atoms with Crippen molar-refractivity contribution in [1.29, 1.82) is 0 Å². The van der Waals surface area contributed by atoms with Crippen LogP contribution < -0.4 is 10.1 Å². The summed E-state index contributed by atoms with van der Waals surface area (Å²) in [5.74, 6) is 1.67. The molecule has 31 heavy (non-hydrogen) atoms. The first-order chi connectivity index (χ1) is 14.7. The van der Waals surface area contributed by atoms with Gasteiger partial charge in [-0.15, -0.1) is 0 Å². The van der Waals surface area contributed by atoms with Crippen molar-refractivity contribution < 1.29 is 9.53 Å². The molecule has 1 amide bonds. The predicted octanol–water partition coefficient (Wildman–Crippen LogP) is 5.67. The van der Waals surface area contributed by atoms with Crippen LogP contribution in [0, 0.1) is 6.92 Å². The highest BCUT2D eigenvalue weighted by Gasteiger charge is 2.23. The van der Waals surface area contributed by atoms with E-state index in [1.54, 1.807) is 18.7 Å². The molecule has 1 aliphatic heterocycles. The van der Waals surface area contributed by atoms with Crippen molar-refractivity contribution in [3.8, 4) is 17.0 Å². The quantitative estimate of drug-likeness (QED) is 0.561. The van der Waals surface area contributed by atoms with E-state index in [9.17, 15) is 4.79 Å². The van der Waals surface area contributed by atoms with Gasteiger partial charge in [-0.05, 0) is 43.0 Å². The Balaban J connectivity index is 1.42. The zero-order valence-corrected chi connectivity index (χ0v) is 19.5. The van der Waals surface area contributed by atoms with Crippen molar-refractivity contribution in [3.63, 3.8) is 0 Å². The van der Waals surface area contributed by atoms with Crippen LogP contribution in [0.4, 0.5) is 5.69 Å². The average molecular weight is 436 g/mol. The molecular weight excluding hydrogens is 406 g/mol. The Labute approximate surface area is 188 Å². The number of anilines is 1. The van der Waals surface area contributed by atoms with E-state index < -0.39 is 6.10 Å².